The summed E-state index contributed by atoms with van der Waals surface area (Å²) in [4.78, 5) is 12.1. The molecule has 6 heteroatoms. The molecule has 0 atom stereocenters. The normalized spacial score (nSPS) is 12.2. The molecule has 108 valence electrons. The van der Waals surface area contributed by atoms with Crippen molar-refractivity contribution in [3.63, 3.8) is 0 Å². The Balaban J connectivity index is 2.60. The van der Waals surface area contributed by atoms with E-state index in [0.29, 0.717) is 9.72 Å². The van der Waals surface area contributed by atoms with Crippen molar-refractivity contribution in [3.8, 4) is 0 Å². The summed E-state index contributed by atoms with van der Waals surface area (Å²) in [7, 11) is 0. The Morgan fingerprint density at radius 1 is 1.35 bits per heavy atom. The molecule has 0 radical (unpaired) electrons. The lowest BCUT2D eigenvalue weighted by Crippen LogP contribution is -2.23. The second-order valence-electron chi connectivity index (χ2n) is 5.29. The molecular weight excluding hydrogens is 306 g/mol. The van der Waals surface area contributed by atoms with E-state index >= 15 is 0 Å². The number of hydrogen-bond acceptors (Lipinski definition) is 3. The molecule has 1 heterocycles. The third kappa shape index (κ3) is 2.94. The predicted molar refractivity (Wildman–Crippen MR) is 77.0 cm³/mol. The fourth-order valence-corrected chi connectivity index (χ4v) is 3.07. The van der Waals surface area contributed by atoms with Crippen molar-refractivity contribution in [2.75, 3.05) is 0 Å². The Morgan fingerprint density at radius 2 is 2.00 bits per heavy atom. The van der Waals surface area contributed by atoms with Crippen LogP contribution in [0.5, 0.6) is 0 Å². The Labute approximate surface area is 124 Å². The highest BCUT2D eigenvalue weighted by Gasteiger charge is 2.25. The van der Waals surface area contributed by atoms with Gasteiger partial charge >= 0.3 is 5.97 Å². The van der Waals surface area contributed by atoms with Gasteiger partial charge in [-0.2, -0.15) is 0 Å². The first-order chi connectivity index (χ1) is 9.20. The molecule has 2 rings (SSSR count). The average Bonchev–Trinajstić information content (AvgIpc) is 2.72. The van der Waals surface area contributed by atoms with Gasteiger partial charge in [0.05, 0.1) is 15.3 Å². The van der Waals surface area contributed by atoms with Gasteiger partial charge in [0, 0.05) is 16.3 Å². The molecule has 0 fully saturated rings. The topological polar surface area (TPSA) is 26.3 Å². The number of ether oxygens (including phenoxy) is 1. The van der Waals surface area contributed by atoms with Crippen LogP contribution in [0.1, 0.15) is 43.1 Å². The monoisotopic (exact) mass is 318 g/mol. The summed E-state index contributed by atoms with van der Waals surface area (Å²) in [5, 5.41) is 2.05. The van der Waals surface area contributed by atoms with Crippen molar-refractivity contribution >= 4 is 39.0 Å². The first-order valence-electron chi connectivity index (χ1n) is 5.92. The first-order valence-corrected chi connectivity index (χ1v) is 7.17. The zero-order chi connectivity index (χ0) is 15.1. The van der Waals surface area contributed by atoms with Gasteiger partial charge in [-0.25, -0.2) is 13.6 Å². The van der Waals surface area contributed by atoms with Gasteiger partial charge in [-0.05, 0) is 26.8 Å². The van der Waals surface area contributed by atoms with Crippen LogP contribution in [0.15, 0.2) is 17.5 Å². The second-order valence-corrected chi connectivity index (χ2v) is 6.58. The van der Waals surface area contributed by atoms with Gasteiger partial charge < -0.3 is 4.74 Å². The number of benzene rings is 1. The highest BCUT2D eigenvalue weighted by atomic mass is 35.5. The summed E-state index contributed by atoms with van der Waals surface area (Å²) < 4.78 is 31.9. The van der Waals surface area contributed by atoms with Gasteiger partial charge in [-0.3, -0.25) is 0 Å². The number of alkyl halides is 2. The van der Waals surface area contributed by atoms with E-state index in [2.05, 4.69) is 0 Å². The fourth-order valence-electron chi connectivity index (χ4n) is 1.81. The molecule has 2 nitrogen and oxygen atoms in total. The summed E-state index contributed by atoms with van der Waals surface area (Å²) in [6.07, 6.45) is -2.68. The summed E-state index contributed by atoms with van der Waals surface area (Å²) in [5.74, 6) is -0.618. The van der Waals surface area contributed by atoms with Gasteiger partial charge in [0.25, 0.3) is 6.43 Å². The molecule has 0 bridgehead atoms. The summed E-state index contributed by atoms with van der Waals surface area (Å²) in [6, 6.07) is 2.66. The standard InChI is InChI=1S/C14H13ClF2O2S/c1-14(2,3)19-13(18)8-6-20-11-9(15)5-4-7(10(8)11)12(16)17/h4-6,12H,1-3H3. The minimum atomic E-state index is -2.68. The number of rotatable bonds is 2. The molecule has 0 unspecified atom stereocenters. The molecule has 2 aromatic rings. The number of carbonyl (C=O) groups excluding carboxylic acids is 1. The first kappa shape index (κ1) is 15.2. The smallest absolute Gasteiger partial charge is 0.340 e. The van der Waals surface area contributed by atoms with Crippen LogP contribution in [-0.2, 0) is 4.74 Å². The molecule has 0 amide bonds. The number of carbonyl (C=O) groups is 1. The van der Waals surface area contributed by atoms with Crippen molar-refractivity contribution in [1.82, 2.24) is 0 Å². The van der Waals surface area contributed by atoms with Crippen molar-refractivity contribution in [2.24, 2.45) is 0 Å². The molecule has 0 saturated carbocycles. The van der Waals surface area contributed by atoms with Crippen LogP contribution < -0.4 is 0 Å². The van der Waals surface area contributed by atoms with Crippen molar-refractivity contribution in [3.05, 3.63) is 33.7 Å². The molecule has 0 aliphatic rings. The maximum atomic E-state index is 13.1. The quantitative estimate of drug-likeness (QED) is 0.688. The van der Waals surface area contributed by atoms with Crippen LogP contribution in [0.3, 0.4) is 0 Å². The van der Waals surface area contributed by atoms with Crippen LogP contribution in [0.2, 0.25) is 5.02 Å². The van der Waals surface area contributed by atoms with E-state index in [-0.39, 0.29) is 16.5 Å². The van der Waals surface area contributed by atoms with Crippen LogP contribution in [0, 0.1) is 0 Å². The van der Waals surface area contributed by atoms with Gasteiger partial charge in [-0.15, -0.1) is 11.3 Å². The van der Waals surface area contributed by atoms with E-state index in [1.165, 1.54) is 17.5 Å². The highest BCUT2D eigenvalue weighted by molar-refractivity contribution is 7.18. The predicted octanol–water partition coefficient (Wildman–Crippen LogP) is 5.45. The third-order valence-electron chi connectivity index (χ3n) is 2.56. The highest BCUT2D eigenvalue weighted by Crippen LogP contribution is 2.39. The fraction of sp³-hybridized carbons (Fsp3) is 0.357. The van der Waals surface area contributed by atoms with Gasteiger partial charge in [-0.1, -0.05) is 17.7 Å². The lowest BCUT2D eigenvalue weighted by atomic mass is 10.1. The largest absolute Gasteiger partial charge is 0.456 e. The lowest BCUT2D eigenvalue weighted by Gasteiger charge is -2.19. The molecule has 1 aromatic carbocycles. The molecular formula is C14H13ClF2O2S. The summed E-state index contributed by atoms with van der Waals surface area (Å²) in [6.45, 7) is 5.17. The van der Waals surface area contributed by atoms with Gasteiger partial charge in [0.1, 0.15) is 5.60 Å². The van der Waals surface area contributed by atoms with Crippen molar-refractivity contribution in [1.29, 1.82) is 0 Å². The molecule has 20 heavy (non-hydrogen) atoms. The van der Waals surface area contributed by atoms with Crippen LogP contribution in [-0.4, -0.2) is 11.6 Å². The second kappa shape index (κ2) is 5.30. The molecule has 0 aliphatic carbocycles. The summed E-state index contributed by atoms with van der Waals surface area (Å²) >= 11 is 7.16. The minimum absolute atomic E-state index is 0.137. The number of halogens is 3. The van der Waals surface area contributed by atoms with Crippen molar-refractivity contribution in [2.45, 2.75) is 32.8 Å². The van der Waals surface area contributed by atoms with Crippen LogP contribution >= 0.6 is 22.9 Å². The Morgan fingerprint density at radius 3 is 2.55 bits per heavy atom. The number of hydrogen-bond donors (Lipinski definition) is 0. The average molecular weight is 319 g/mol. The lowest BCUT2D eigenvalue weighted by molar-refractivity contribution is 0.00722. The number of esters is 1. The number of fused-ring (bicyclic) bond motifs is 1. The molecule has 1 aromatic heterocycles. The molecule has 0 aliphatic heterocycles. The molecule has 0 saturated heterocycles. The number of thiophene rings is 1. The molecule has 0 N–H and O–H groups in total. The molecule has 0 spiro atoms. The Hall–Kier alpha value is -1.20. The SMILES string of the molecule is CC(C)(C)OC(=O)c1csc2c(Cl)ccc(C(F)F)c12. The van der Waals surface area contributed by atoms with E-state index < -0.39 is 18.0 Å². The van der Waals surface area contributed by atoms with E-state index in [0.717, 1.165) is 11.3 Å². The minimum Gasteiger partial charge on any atom is -0.456 e. The maximum Gasteiger partial charge on any atom is 0.340 e. The van der Waals surface area contributed by atoms with E-state index in [1.807, 2.05) is 0 Å². The zero-order valence-electron chi connectivity index (χ0n) is 11.2. The van der Waals surface area contributed by atoms with E-state index in [4.69, 9.17) is 16.3 Å². The van der Waals surface area contributed by atoms with Gasteiger partial charge in [0.15, 0.2) is 0 Å². The van der Waals surface area contributed by atoms with E-state index in [1.54, 1.807) is 20.8 Å². The Kier molecular flexibility index (Phi) is 4.02. The zero-order valence-corrected chi connectivity index (χ0v) is 12.7. The third-order valence-corrected chi connectivity index (χ3v) is 4.00. The maximum absolute atomic E-state index is 13.1. The summed E-state index contributed by atoms with van der Waals surface area (Å²) in [5.41, 5.74) is -0.751. The van der Waals surface area contributed by atoms with E-state index in [9.17, 15) is 13.6 Å². The van der Waals surface area contributed by atoms with Crippen LogP contribution in [0.25, 0.3) is 10.1 Å². The van der Waals surface area contributed by atoms with Crippen LogP contribution in [0.4, 0.5) is 8.78 Å². The van der Waals surface area contributed by atoms with Crippen molar-refractivity contribution < 1.29 is 18.3 Å². The Bertz CT molecular complexity index is 659. The van der Waals surface area contributed by atoms with Gasteiger partial charge in [0.2, 0.25) is 0 Å².